The third-order valence-corrected chi connectivity index (χ3v) is 21.8. The van der Waals surface area contributed by atoms with Gasteiger partial charge in [-0.3, -0.25) is 37.3 Å². The van der Waals surface area contributed by atoms with Crippen LogP contribution in [0.1, 0.15) is 446 Å². The van der Waals surface area contributed by atoms with Crippen molar-refractivity contribution in [1.29, 1.82) is 0 Å². The van der Waals surface area contributed by atoms with Gasteiger partial charge in [-0.1, -0.05) is 394 Å². The van der Waals surface area contributed by atoms with Gasteiger partial charge in [0.1, 0.15) is 19.3 Å². The number of esters is 4. The maximum atomic E-state index is 13.1. The lowest BCUT2D eigenvalue weighted by atomic mass is 9.99. The van der Waals surface area contributed by atoms with Crippen molar-refractivity contribution in [2.24, 2.45) is 5.92 Å². The first kappa shape index (κ1) is 100. The van der Waals surface area contributed by atoms with E-state index in [2.05, 4.69) is 34.6 Å². The number of hydrogen-bond donors (Lipinski definition) is 3. The van der Waals surface area contributed by atoms with Crippen LogP contribution in [0.4, 0.5) is 0 Å². The number of phosphoric ester groups is 2. The van der Waals surface area contributed by atoms with Gasteiger partial charge in [-0.15, -0.1) is 0 Å². The van der Waals surface area contributed by atoms with Crippen LogP contribution in [0.3, 0.4) is 0 Å². The van der Waals surface area contributed by atoms with Gasteiger partial charge in [-0.2, -0.15) is 0 Å². The molecule has 0 bridgehead atoms. The molecule has 0 amide bonds. The summed E-state index contributed by atoms with van der Waals surface area (Å²) in [6.07, 6.45) is 67.9. The Bertz CT molecular complexity index is 1950. The van der Waals surface area contributed by atoms with Gasteiger partial charge in [0, 0.05) is 25.7 Å². The molecule has 0 saturated carbocycles. The van der Waals surface area contributed by atoms with Crippen molar-refractivity contribution in [1.82, 2.24) is 0 Å². The molecule has 0 saturated heterocycles. The van der Waals surface area contributed by atoms with Crippen LogP contribution in [-0.4, -0.2) is 96.7 Å². The lowest BCUT2D eigenvalue weighted by Crippen LogP contribution is -2.30. The van der Waals surface area contributed by atoms with Crippen molar-refractivity contribution in [3.63, 3.8) is 0 Å². The summed E-state index contributed by atoms with van der Waals surface area (Å²) in [5.41, 5.74) is 0. The molecule has 0 heterocycles. The van der Waals surface area contributed by atoms with E-state index in [0.717, 1.165) is 95.8 Å². The van der Waals surface area contributed by atoms with Crippen LogP contribution >= 0.6 is 15.6 Å². The summed E-state index contributed by atoms with van der Waals surface area (Å²) in [5, 5.41) is 10.7. The Kier molecular flexibility index (Phi) is 74.4. The molecule has 606 valence electrons. The molecule has 102 heavy (non-hydrogen) atoms. The van der Waals surface area contributed by atoms with Gasteiger partial charge < -0.3 is 33.8 Å². The van der Waals surface area contributed by atoms with Crippen molar-refractivity contribution in [2.45, 2.75) is 464 Å². The molecule has 0 aliphatic carbocycles. The summed E-state index contributed by atoms with van der Waals surface area (Å²) in [5.74, 6) is -1.25. The van der Waals surface area contributed by atoms with Crippen molar-refractivity contribution in [3.05, 3.63) is 0 Å². The highest BCUT2D eigenvalue weighted by molar-refractivity contribution is 7.47. The first-order valence-corrected chi connectivity index (χ1v) is 46.2. The number of hydrogen-bond acceptors (Lipinski definition) is 15. The number of ether oxygens (including phenoxy) is 4. The molecule has 0 aliphatic rings. The van der Waals surface area contributed by atoms with Crippen LogP contribution in [0.2, 0.25) is 0 Å². The predicted molar refractivity (Wildman–Crippen MR) is 418 cm³/mol. The van der Waals surface area contributed by atoms with E-state index in [-0.39, 0.29) is 25.7 Å². The fraction of sp³-hybridized carbons (Fsp3) is 0.952. The highest BCUT2D eigenvalue weighted by Crippen LogP contribution is 2.45. The molecule has 17 nitrogen and oxygen atoms in total. The van der Waals surface area contributed by atoms with Crippen LogP contribution in [-0.2, 0) is 65.4 Å². The molecular weight excluding hydrogens is 1330 g/mol. The molecule has 3 unspecified atom stereocenters. The smallest absolute Gasteiger partial charge is 0.462 e. The standard InChI is InChI=1S/C83H162O17P2/c1-6-10-13-16-19-22-24-26-28-30-31-32-34-40-44-49-54-59-64-69-83(88)100-79(73-94-81(86)67-62-57-52-47-42-38-36-35-37-41-46-50-55-60-65-76(5)9-4)75-98-102(91,92)96-71-77(84)70-95-101(89,90)97-74-78(72-93-80(85)66-61-56-51-45-21-18-15-12-8-3)99-82(87)68-63-58-53-48-43-39-33-29-27-25-23-20-17-14-11-7-2/h76-79,84H,6-75H2,1-5H3,(H,89,90)(H,91,92)/t76?,77-,78+,79+/m0/s1. The van der Waals surface area contributed by atoms with E-state index in [4.69, 9.17) is 37.0 Å². The molecule has 0 radical (unpaired) electrons. The maximum absolute atomic E-state index is 13.1. The van der Waals surface area contributed by atoms with Crippen molar-refractivity contribution in [3.8, 4) is 0 Å². The molecule has 0 aromatic heterocycles. The highest BCUT2D eigenvalue weighted by Gasteiger charge is 2.30. The molecule has 0 aromatic carbocycles. The van der Waals surface area contributed by atoms with E-state index in [1.54, 1.807) is 0 Å². The van der Waals surface area contributed by atoms with Gasteiger partial charge in [-0.05, 0) is 31.6 Å². The third kappa shape index (κ3) is 74.9. The molecule has 0 rings (SSSR count). The second-order valence-corrected chi connectivity index (χ2v) is 33.0. The van der Waals surface area contributed by atoms with Crippen LogP contribution in [0.15, 0.2) is 0 Å². The Balaban J connectivity index is 5.22. The van der Waals surface area contributed by atoms with E-state index in [0.29, 0.717) is 25.7 Å². The minimum atomic E-state index is -4.96. The summed E-state index contributed by atoms with van der Waals surface area (Å²) in [7, 11) is -9.92. The van der Waals surface area contributed by atoms with Crippen LogP contribution in [0, 0.1) is 5.92 Å². The van der Waals surface area contributed by atoms with Gasteiger partial charge in [0.15, 0.2) is 12.2 Å². The monoisotopic (exact) mass is 1490 g/mol. The number of phosphoric acid groups is 2. The lowest BCUT2D eigenvalue weighted by Gasteiger charge is -2.21. The van der Waals surface area contributed by atoms with E-state index < -0.39 is 97.5 Å². The van der Waals surface area contributed by atoms with E-state index >= 15 is 0 Å². The predicted octanol–water partition coefficient (Wildman–Crippen LogP) is 25.2. The Labute approximate surface area is 626 Å². The minimum absolute atomic E-state index is 0.109. The summed E-state index contributed by atoms with van der Waals surface area (Å²) in [4.78, 5) is 73.1. The van der Waals surface area contributed by atoms with Gasteiger partial charge in [-0.25, -0.2) is 9.13 Å². The average molecular weight is 1490 g/mol. The molecule has 0 fully saturated rings. The Morgan fingerprint density at radius 3 is 0.696 bits per heavy atom. The molecule has 3 N–H and O–H groups in total. The van der Waals surface area contributed by atoms with Crippen molar-refractivity contribution >= 4 is 39.5 Å². The van der Waals surface area contributed by atoms with Crippen molar-refractivity contribution < 1.29 is 80.2 Å². The second kappa shape index (κ2) is 75.9. The van der Waals surface area contributed by atoms with Gasteiger partial charge >= 0.3 is 39.5 Å². The van der Waals surface area contributed by atoms with Gasteiger partial charge in [0.25, 0.3) is 0 Å². The molecule has 0 spiro atoms. The number of carbonyl (C=O) groups excluding carboxylic acids is 4. The molecule has 0 aromatic rings. The number of rotatable bonds is 83. The minimum Gasteiger partial charge on any atom is -0.462 e. The van der Waals surface area contributed by atoms with Gasteiger partial charge in [0.05, 0.1) is 26.4 Å². The average Bonchev–Trinajstić information content (AvgIpc) is 0.914. The van der Waals surface area contributed by atoms with E-state index in [1.165, 1.54) is 270 Å². The topological polar surface area (TPSA) is 237 Å². The largest absolute Gasteiger partial charge is 0.472 e. The zero-order chi connectivity index (χ0) is 74.8. The first-order valence-electron chi connectivity index (χ1n) is 43.2. The first-order chi connectivity index (χ1) is 49.6. The lowest BCUT2D eigenvalue weighted by molar-refractivity contribution is -0.161. The molecule has 6 atom stereocenters. The third-order valence-electron chi connectivity index (χ3n) is 19.9. The summed E-state index contributed by atoms with van der Waals surface area (Å²) >= 11 is 0. The normalized spacial score (nSPS) is 14.1. The summed E-state index contributed by atoms with van der Waals surface area (Å²) in [6, 6.07) is 0. The zero-order valence-electron chi connectivity index (χ0n) is 66.8. The van der Waals surface area contributed by atoms with Gasteiger partial charge in [0.2, 0.25) is 0 Å². The van der Waals surface area contributed by atoms with E-state index in [1.807, 2.05) is 0 Å². The zero-order valence-corrected chi connectivity index (χ0v) is 68.5. The Hall–Kier alpha value is -1.94. The van der Waals surface area contributed by atoms with E-state index in [9.17, 15) is 43.2 Å². The molecule has 0 aliphatic heterocycles. The summed E-state index contributed by atoms with van der Waals surface area (Å²) in [6.45, 7) is 7.39. The number of carbonyl (C=O) groups is 4. The maximum Gasteiger partial charge on any atom is 0.472 e. The fourth-order valence-electron chi connectivity index (χ4n) is 12.9. The Morgan fingerprint density at radius 2 is 0.471 bits per heavy atom. The summed E-state index contributed by atoms with van der Waals surface area (Å²) < 4.78 is 68.8. The van der Waals surface area contributed by atoms with Crippen molar-refractivity contribution in [2.75, 3.05) is 39.6 Å². The SMILES string of the molecule is CCCCCCCCCCCCCCCCCCCCCC(=O)O[C@H](COC(=O)CCCCCCCCCCCCCCCCC(C)CC)COP(=O)(O)OC[C@@H](O)COP(=O)(O)OC[C@@H](COC(=O)CCCCCCCCCCC)OC(=O)CCCCCCCCCCCCCCCCCC. The number of aliphatic hydroxyl groups excluding tert-OH is 1. The number of aliphatic hydroxyl groups is 1. The molecule has 19 heteroatoms. The highest BCUT2D eigenvalue weighted by atomic mass is 31.2. The molecular formula is C83H162O17P2. The number of unbranched alkanes of at least 4 members (excludes halogenated alkanes) is 54. The quantitative estimate of drug-likeness (QED) is 0.0222. The van der Waals surface area contributed by atoms with Crippen LogP contribution in [0.25, 0.3) is 0 Å². The van der Waals surface area contributed by atoms with Crippen LogP contribution in [0.5, 0.6) is 0 Å². The fourth-order valence-corrected chi connectivity index (χ4v) is 14.5. The van der Waals surface area contributed by atoms with Crippen LogP contribution < -0.4 is 0 Å². The Morgan fingerprint density at radius 1 is 0.275 bits per heavy atom. The second-order valence-electron chi connectivity index (χ2n) is 30.1.